The summed E-state index contributed by atoms with van der Waals surface area (Å²) in [7, 11) is 0. The molecule has 0 atom stereocenters. The molecule has 11 aromatic carbocycles. The maximum Gasteiger partial charge on any atom is 0.333 e. The Morgan fingerprint density at radius 3 is 1.50 bits per heavy atom. The van der Waals surface area contributed by atoms with Gasteiger partial charge in [-0.15, -0.1) is 11.3 Å². The highest BCUT2D eigenvalue weighted by molar-refractivity contribution is 7.26. The molecule has 386 valence electrons. The Labute approximate surface area is 475 Å². The van der Waals surface area contributed by atoms with E-state index in [-0.39, 0.29) is 17.7 Å². The molecular formula is C75H62BN3S. The number of anilines is 8. The van der Waals surface area contributed by atoms with Crippen molar-refractivity contribution in [1.82, 2.24) is 0 Å². The van der Waals surface area contributed by atoms with Crippen molar-refractivity contribution < 1.29 is 0 Å². The fraction of sp³-hybridized carbons (Fsp3) is 0.120. The molecule has 14 rings (SSSR count). The van der Waals surface area contributed by atoms with E-state index in [2.05, 4.69) is 312 Å². The molecule has 2 aliphatic heterocycles. The molecule has 0 fully saturated rings. The summed E-state index contributed by atoms with van der Waals surface area (Å²) in [6, 6.07) is 93.4. The van der Waals surface area contributed by atoms with Crippen LogP contribution in [0.5, 0.6) is 0 Å². The van der Waals surface area contributed by atoms with Crippen molar-refractivity contribution in [3.05, 3.63) is 265 Å². The molecule has 3 nitrogen and oxygen atoms in total. The smallest absolute Gasteiger partial charge is 0.333 e. The van der Waals surface area contributed by atoms with Gasteiger partial charge in [0.05, 0.1) is 0 Å². The molecule has 1 aromatic heterocycles. The summed E-state index contributed by atoms with van der Waals surface area (Å²) in [6.07, 6.45) is 0. The van der Waals surface area contributed by atoms with Gasteiger partial charge >= 0.3 is 6.85 Å². The third-order valence-electron chi connectivity index (χ3n) is 16.7. The Hall–Kier alpha value is -8.90. The quantitative estimate of drug-likeness (QED) is 0.140. The summed E-state index contributed by atoms with van der Waals surface area (Å²) >= 11 is 1.93. The Morgan fingerprint density at radius 1 is 0.400 bits per heavy atom. The van der Waals surface area contributed by atoms with E-state index in [1.807, 2.05) is 11.3 Å². The Balaban J connectivity index is 1.08. The van der Waals surface area contributed by atoms with Gasteiger partial charge in [0.1, 0.15) is 0 Å². The molecule has 0 N–H and O–H groups in total. The van der Waals surface area contributed by atoms with Crippen LogP contribution in [-0.4, -0.2) is 6.85 Å². The molecule has 3 heterocycles. The predicted molar refractivity (Wildman–Crippen MR) is 346 cm³/mol. The summed E-state index contributed by atoms with van der Waals surface area (Å²) < 4.78 is 2.61. The lowest BCUT2D eigenvalue weighted by molar-refractivity contribution is 0.590. The van der Waals surface area contributed by atoms with E-state index in [0.717, 1.165) is 34.1 Å². The zero-order valence-corrected chi connectivity index (χ0v) is 47.3. The standard InChI is InChI=1S/C75H62BN3S/c1-49-45-54(51-21-13-9-14-22-51)30-44-66(49)78-68-47-61(77(58-37-31-56(32-38-58)74(2,3)4)59-39-33-57(34-40-59)75(5,6)7)41-43-65(68)76-72-69(78)48-64-62-25-17-18-26-70(62)80-73(64)71(72)63-42-29-55(52-23-15-10-16-24-52)46-67(63)79(76)60-35-27-53(28-36-60)50-19-11-8-12-20-50/h8-48H,1-7H3. The largest absolute Gasteiger partial charge is 0.376 e. The van der Waals surface area contributed by atoms with Gasteiger partial charge in [0.25, 0.3) is 0 Å². The van der Waals surface area contributed by atoms with Gasteiger partial charge in [0.2, 0.25) is 0 Å². The molecular weight excluding hydrogens is 986 g/mol. The Morgan fingerprint density at radius 2 is 0.912 bits per heavy atom. The van der Waals surface area contributed by atoms with Crippen LogP contribution in [0.1, 0.15) is 58.2 Å². The van der Waals surface area contributed by atoms with Gasteiger partial charge < -0.3 is 14.6 Å². The second-order valence-corrected chi connectivity index (χ2v) is 24.9. The topological polar surface area (TPSA) is 9.72 Å². The third-order valence-corrected chi connectivity index (χ3v) is 17.9. The van der Waals surface area contributed by atoms with E-state index in [1.54, 1.807) is 0 Å². The van der Waals surface area contributed by atoms with Gasteiger partial charge in [-0.25, -0.2) is 0 Å². The number of thiophene rings is 1. The van der Waals surface area contributed by atoms with Gasteiger partial charge in [-0.05, 0) is 158 Å². The van der Waals surface area contributed by atoms with Crippen molar-refractivity contribution in [1.29, 1.82) is 0 Å². The van der Waals surface area contributed by atoms with Crippen LogP contribution in [0.4, 0.5) is 45.5 Å². The van der Waals surface area contributed by atoms with Crippen LogP contribution in [0.3, 0.4) is 0 Å². The first-order chi connectivity index (χ1) is 38.9. The van der Waals surface area contributed by atoms with Crippen LogP contribution < -0.4 is 25.5 Å². The minimum Gasteiger partial charge on any atom is -0.376 e. The number of aryl methyl sites for hydroxylation is 1. The van der Waals surface area contributed by atoms with Crippen molar-refractivity contribution in [2.45, 2.75) is 59.3 Å². The summed E-state index contributed by atoms with van der Waals surface area (Å²) in [4.78, 5) is 7.74. The fourth-order valence-corrected chi connectivity index (χ4v) is 13.8. The summed E-state index contributed by atoms with van der Waals surface area (Å²) in [5.74, 6) is 0. The molecule has 12 aromatic rings. The van der Waals surface area contributed by atoms with E-state index < -0.39 is 0 Å². The van der Waals surface area contributed by atoms with E-state index in [4.69, 9.17) is 0 Å². The Kier molecular flexibility index (Phi) is 11.8. The summed E-state index contributed by atoms with van der Waals surface area (Å²) in [6.45, 7) is 15.8. The number of hydrogen-bond donors (Lipinski definition) is 0. The molecule has 80 heavy (non-hydrogen) atoms. The first-order valence-electron chi connectivity index (χ1n) is 28.1. The molecule has 0 saturated heterocycles. The predicted octanol–water partition coefficient (Wildman–Crippen LogP) is 20.1. The van der Waals surface area contributed by atoms with Crippen molar-refractivity contribution >= 4 is 94.8 Å². The fourth-order valence-electron chi connectivity index (χ4n) is 12.5. The average molecular weight is 1050 g/mol. The van der Waals surface area contributed by atoms with Gasteiger partial charge in [-0.2, -0.15) is 0 Å². The van der Waals surface area contributed by atoms with Crippen LogP contribution in [0.2, 0.25) is 0 Å². The monoisotopic (exact) mass is 1050 g/mol. The van der Waals surface area contributed by atoms with E-state index in [9.17, 15) is 0 Å². The molecule has 0 unspecified atom stereocenters. The number of hydrogen-bond acceptors (Lipinski definition) is 4. The van der Waals surface area contributed by atoms with Crippen LogP contribution in [0, 0.1) is 6.92 Å². The first kappa shape index (κ1) is 49.4. The second-order valence-electron chi connectivity index (χ2n) is 23.8. The molecule has 0 bridgehead atoms. The van der Waals surface area contributed by atoms with Crippen LogP contribution in [0.25, 0.3) is 64.7 Å². The number of rotatable bonds is 8. The zero-order valence-electron chi connectivity index (χ0n) is 46.5. The Bertz CT molecular complexity index is 4250. The highest BCUT2D eigenvalue weighted by Crippen LogP contribution is 2.54. The first-order valence-corrected chi connectivity index (χ1v) is 28.9. The van der Waals surface area contributed by atoms with Crippen LogP contribution in [0.15, 0.2) is 249 Å². The van der Waals surface area contributed by atoms with Crippen molar-refractivity contribution in [3.63, 3.8) is 0 Å². The van der Waals surface area contributed by atoms with Gasteiger partial charge in [-0.3, -0.25) is 0 Å². The number of nitrogens with zero attached hydrogens (tertiary/aromatic N) is 3. The SMILES string of the molecule is Cc1cc(-c2ccccc2)ccc1N1c2cc(N(c3ccc(C(C)(C)C)cc3)c3ccc(C(C)(C)C)cc3)ccc2B2c3c1cc1c(sc4ccccc41)c3-c1ccc(-c3ccccc3)cc1N2c1ccc(-c2ccccc2)cc1. The molecule has 0 spiro atoms. The summed E-state index contributed by atoms with van der Waals surface area (Å²) in [5, 5.41) is 2.56. The minimum atomic E-state index is -0.203. The lowest BCUT2D eigenvalue weighted by Gasteiger charge is -2.46. The van der Waals surface area contributed by atoms with E-state index in [0.29, 0.717) is 0 Å². The normalized spacial score (nSPS) is 12.9. The average Bonchev–Trinajstić information content (AvgIpc) is 2.11. The lowest BCUT2D eigenvalue weighted by atomic mass is 9.43. The number of fused-ring (bicyclic) bond motifs is 8. The summed E-state index contributed by atoms with van der Waals surface area (Å²) in [5.41, 5.74) is 25.3. The molecule has 0 amide bonds. The highest BCUT2D eigenvalue weighted by Gasteiger charge is 2.47. The minimum absolute atomic E-state index is 0.0115. The molecule has 0 saturated carbocycles. The van der Waals surface area contributed by atoms with E-state index in [1.165, 1.54) is 104 Å². The molecule has 2 aliphatic rings. The molecule has 0 radical (unpaired) electrons. The zero-order chi connectivity index (χ0) is 54.4. The van der Waals surface area contributed by atoms with Gasteiger partial charge in [-0.1, -0.05) is 211 Å². The van der Waals surface area contributed by atoms with Crippen molar-refractivity contribution in [3.8, 4) is 44.5 Å². The van der Waals surface area contributed by atoms with Crippen molar-refractivity contribution in [2.75, 3.05) is 14.6 Å². The van der Waals surface area contributed by atoms with E-state index >= 15 is 0 Å². The third kappa shape index (κ3) is 8.42. The maximum atomic E-state index is 2.66. The van der Waals surface area contributed by atoms with Gasteiger partial charge in [0, 0.05) is 76.8 Å². The molecule has 0 aliphatic carbocycles. The van der Waals surface area contributed by atoms with Crippen molar-refractivity contribution in [2.24, 2.45) is 0 Å². The van der Waals surface area contributed by atoms with Crippen LogP contribution >= 0.6 is 11.3 Å². The second kappa shape index (κ2) is 19.2. The number of benzene rings is 11. The highest BCUT2D eigenvalue weighted by atomic mass is 32.1. The maximum absolute atomic E-state index is 2.66. The molecule has 5 heteroatoms. The van der Waals surface area contributed by atoms with Gasteiger partial charge in [0.15, 0.2) is 0 Å². The van der Waals surface area contributed by atoms with Crippen LogP contribution in [-0.2, 0) is 10.8 Å². The lowest BCUT2D eigenvalue weighted by Crippen LogP contribution is -2.61.